The van der Waals surface area contributed by atoms with E-state index in [2.05, 4.69) is 10.2 Å². The highest BCUT2D eigenvalue weighted by Crippen LogP contribution is 2.29. The standard InChI is InChI=1S/C16H12N4O2/c21-15-10-14(16(22)19(15)11-6-2-1-3-7-11)20-17-12-8-4-5-9-13(12)18-20/h1-9,14H,10H2. The number of anilines is 1. The van der Waals surface area contributed by atoms with Crippen LogP contribution in [0.2, 0.25) is 0 Å². The van der Waals surface area contributed by atoms with Gasteiger partial charge in [0.15, 0.2) is 6.04 Å². The molecule has 3 aromatic rings. The number of fused-ring (bicyclic) bond motifs is 1. The molecule has 1 fully saturated rings. The van der Waals surface area contributed by atoms with Crippen molar-refractivity contribution in [3.8, 4) is 0 Å². The number of aromatic nitrogens is 3. The average Bonchev–Trinajstić information content (AvgIpc) is 3.09. The van der Waals surface area contributed by atoms with Gasteiger partial charge in [-0.25, -0.2) is 4.90 Å². The molecule has 2 heterocycles. The number of carbonyl (C=O) groups excluding carboxylic acids is 2. The SMILES string of the molecule is O=C1CC(n2nc3ccccc3n2)C(=O)N1c1ccccc1. The minimum absolute atomic E-state index is 0.0781. The second-order valence-electron chi connectivity index (χ2n) is 5.13. The van der Waals surface area contributed by atoms with Crippen molar-refractivity contribution in [2.75, 3.05) is 4.90 Å². The minimum atomic E-state index is -0.680. The summed E-state index contributed by atoms with van der Waals surface area (Å²) in [6.45, 7) is 0. The van der Waals surface area contributed by atoms with Gasteiger partial charge in [-0.2, -0.15) is 15.0 Å². The second-order valence-corrected chi connectivity index (χ2v) is 5.13. The van der Waals surface area contributed by atoms with Crippen LogP contribution in [0.25, 0.3) is 11.0 Å². The number of amides is 2. The normalized spacial score (nSPS) is 18.4. The van der Waals surface area contributed by atoms with E-state index in [-0.39, 0.29) is 18.2 Å². The molecule has 0 saturated carbocycles. The maximum Gasteiger partial charge on any atom is 0.261 e. The van der Waals surface area contributed by atoms with E-state index in [1.165, 1.54) is 9.70 Å². The van der Waals surface area contributed by atoms with Gasteiger partial charge in [0.25, 0.3) is 5.91 Å². The van der Waals surface area contributed by atoms with E-state index in [0.29, 0.717) is 16.7 Å². The molecular formula is C16H12N4O2. The van der Waals surface area contributed by atoms with E-state index in [9.17, 15) is 9.59 Å². The van der Waals surface area contributed by atoms with Crippen LogP contribution in [0, 0.1) is 0 Å². The van der Waals surface area contributed by atoms with Crippen molar-refractivity contribution in [2.24, 2.45) is 0 Å². The van der Waals surface area contributed by atoms with Crippen molar-refractivity contribution in [1.82, 2.24) is 15.0 Å². The Morgan fingerprint density at radius 3 is 2.09 bits per heavy atom. The summed E-state index contributed by atoms with van der Waals surface area (Å²) in [6.07, 6.45) is 0.0781. The summed E-state index contributed by atoms with van der Waals surface area (Å²) in [5.74, 6) is -0.529. The van der Waals surface area contributed by atoms with Crippen LogP contribution in [0.15, 0.2) is 54.6 Å². The fraction of sp³-hybridized carbons (Fsp3) is 0.125. The number of nitrogens with zero attached hydrogens (tertiary/aromatic N) is 4. The van der Waals surface area contributed by atoms with Crippen LogP contribution in [0.4, 0.5) is 5.69 Å². The smallest absolute Gasteiger partial charge is 0.261 e. The summed E-state index contributed by atoms with van der Waals surface area (Å²) in [5.41, 5.74) is 2.00. The number of hydrogen-bond donors (Lipinski definition) is 0. The summed E-state index contributed by atoms with van der Waals surface area (Å²) in [6, 6.07) is 15.6. The Labute approximate surface area is 126 Å². The van der Waals surface area contributed by atoms with Gasteiger partial charge in [-0.15, -0.1) is 0 Å². The summed E-state index contributed by atoms with van der Waals surface area (Å²) in [7, 11) is 0. The first-order chi connectivity index (χ1) is 10.7. The molecule has 1 unspecified atom stereocenters. The molecule has 1 aromatic heterocycles. The predicted molar refractivity (Wildman–Crippen MR) is 80.1 cm³/mol. The van der Waals surface area contributed by atoms with Crippen LogP contribution in [-0.4, -0.2) is 26.8 Å². The first-order valence-electron chi connectivity index (χ1n) is 6.97. The lowest BCUT2D eigenvalue weighted by atomic mass is 10.2. The lowest BCUT2D eigenvalue weighted by Gasteiger charge is -2.14. The molecule has 108 valence electrons. The monoisotopic (exact) mass is 292 g/mol. The van der Waals surface area contributed by atoms with Gasteiger partial charge < -0.3 is 0 Å². The Balaban J connectivity index is 1.72. The molecule has 1 aliphatic heterocycles. The van der Waals surface area contributed by atoms with Gasteiger partial charge in [0.1, 0.15) is 11.0 Å². The van der Waals surface area contributed by atoms with Gasteiger partial charge in [0.2, 0.25) is 5.91 Å². The van der Waals surface area contributed by atoms with Gasteiger partial charge in [-0.05, 0) is 24.3 Å². The lowest BCUT2D eigenvalue weighted by Crippen LogP contribution is -2.31. The molecule has 1 aliphatic rings. The van der Waals surface area contributed by atoms with Gasteiger partial charge in [0.05, 0.1) is 12.1 Å². The minimum Gasteiger partial charge on any atom is -0.274 e. The summed E-state index contributed by atoms with van der Waals surface area (Å²) >= 11 is 0. The molecule has 2 amide bonds. The maximum absolute atomic E-state index is 12.6. The van der Waals surface area contributed by atoms with Crippen molar-refractivity contribution in [2.45, 2.75) is 12.5 Å². The van der Waals surface area contributed by atoms with Gasteiger partial charge in [-0.3, -0.25) is 9.59 Å². The van der Waals surface area contributed by atoms with Crippen LogP contribution < -0.4 is 4.90 Å². The van der Waals surface area contributed by atoms with E-state index in [1.807, 2.05) is 30.3 Å². The Morgan fingerprint density at radius 2 is 1.45 bits per heavy atom. The number of para-hydroxylation sites is 1. The molecule has 22 heavy (non-hydrogen) atoms. The van der Waals surface area contributed by atoms with Crippen LogP contribution in [0.3, 0.4) is 0 Å². The molecule has 0 radical (unpaired) electrons. The molecule has 0 spiro atoms. The summed E-state index contributed by atoms with van der Waals surface area (Å²) in [5, 5.41) is 8.63. The van der Waals surface area contributed by atoms with E-state index in [0.717, 1.165) is 0 Å². The zero-order valence-electron chi connectivity index (χ0n) is 11.6. The molecular weight excluding hydrogens is 280 g/mol. The Bertz CT molecular complexity index is 839. The first-order valence-corrected chi connectivity index (χ1v) is 6.97. The first kappa shape index (κ1) is 12.7. The molecule has 0 bridgehead atoms. The van der Waals surface area contributed by atoms with Crippen LogP contribution in [0.1, 0.15) is 12.5 Å². The van der Waals surface area contributed by atoms with E-state index in [1.54, 1.807) is 24.3 Å². The number of benzene rings is 2. The maximum atomic E-state index is 12.6. The molecule has 1 atom stereocenters. The molecule has 4 rings (SSSR count). The zero-order valence-corrected chi connectivity index (χ0v) is 11.6. The highest BCUT2D eigenvalue weighted by Gasteiger charge is 2.41. The lowest BCUT2D eigenvalue weighted by molar-refractivity contribution is -0.122. The Kier molecular flexibility index (Phi) is 2.75. The fourth-order valence-corrected chi connectivity index (χ4v) is 2.66. The predicted octanol–water partition coefficient (Wildman–Crippen LogP) is 1.94. The average molecular weight is 292 g/mol. The van der Waals surface area contributed by atoms with Crippen LogP contribution in [-0.2, 0) is 9.59 Å². The van der Waals surface area contributed by atoms with Crippen molar-refractivity contribution in [1.29, 1.82) is 0 Å². The highest BCUT2D eigenvalue weighted by molar-refractivity contribution is 6.21. The third-order valence-corrected chi connectivity index (χ3v) is 3.72. The van der Waals surface area contributed by atoms with Gasteiger partial charge >= 0.3 is 0 Å². The topological polar surface area (TPSA) is 68.1 Å². The molecule has 6 nitrogen and oxygen atoms in total. The molecule has 0 aliphatic carbocycles. The highest BCUT2D eigenvalue weighted by atomic mass is 16.2. The Morgan fingerprint density at radius 1 is 0.864 bits per heavy atom. The van der Waals surface area contributed by atoms with Crippen molar-refractivity contribution >= 4 is 28.5 Å². The van der Waals surface area contributed by atoms with E-state index < -0.39 is 6.04 Å². The number of imide groups is 1. The Hall–Kier alpha value is -3.02. The quantitative estimate of drug-likeness (QED) is 0.677. The summed E-state index contributed by atoms with van der Waals surface area (Å²) in [4.78, 5) is 27.4. The van der Waals surface area contributed by atoms with Crippen molar-refractivity contribution < 1.29 is 9.59 Å². The third-order valence-electron chi connectivity index (χ3n) is 3.72. The fourth-order valence-electron chi connectivity index (χ4n) is 2.66. The van der Waals surface area contributed by atoms with Crippen LogP contribution in [0.5, 0.6) is 0 Å². The molecule has 2 aromatic carbocycles. The van der Waals surface area contributed by atoms with E-state index in [4.69, 9.17) is 0 Å². The third kappa shape index (κ3) is 1.88. The number of rotatable bonds is 2. The largest absolute Gasteiger partial charge is 0.274 e. The number of carbonyl (C=O) groups is 2. The van der Waals surface area contributed by atoms with Crippen molar-refractivity contribution in [3.05, 3.63) is 54.6 Å². The zero-order chi connectivity index (χ0) is 15.1. The molecule has 1 saturated heterocycles. The number of hydrogen-bond acceptors (Lipinski definition) is 4. The molecule has 6 heteroatoms. The van der Waals surface area contributed by atoms with Gasteiger partial charge in [-0.1, -0.05) is 30.3 Å². The molecule has 0 N–H and O–H groups in total. The van der Waals surface area contributed by atoms with Gasteiger partial charge in [0, 0.05) is 0 Å². The van der Waals surface area contributed by atoms with Crippen molar-refractivity contribution in [3.63, 3.8) is 0 Å². The van der Waals surface area contributed by atoms with Crippen LogP contribution >= 0.6 is 0 Å². The second kappa shape index (κ2) is 4.77. The summed E-state index contributed by atoms with van der Waals surface area (Å²) < 4.78 is 0. The van der Waals surface area contributed by atoms with E-state index >= 15 is 0 Å².